The molecule has 2 aromatic rings. The zero-order valence-corrected chi connectivity index (χ0v) is 14.7. The molecule has 116 valence electrons. The van der Waals surface area contributed by atoms with Crippen molar-refractivity contribution in [3.05, 3.63) is 62.4 Å². The molecule has 0 radical (unpaired) electrons. The molecule has 1 N–H and O–H groups in total. The Bertz CT molecular complexity index is 836. The van der Waals surface area contributed by atoms with Crippen LogP contribution in [-0.4, -0.2) is 16.3 Å². The second kappa shape index (κ2) is 6.39. The van der Waals surface area contributed by atoms with Gasteiger partial charge in [0.2, 0.25) is 0 Å². The molecular formula is C16H9BrClNO3S. The summed E-state index contributed by atoms with van der Waals surface area (Å²) in [5.74, 6) is -0.395. The van der Waals surface area contributed by atoms with E-state index in [0.29, 0.717) is 16.3 Å². The highest BCUT2D eigenvalue weighted by Gasteiger charge is 2.36. The van der Waals surface area contributed by atoms with Gasteiger partial charge in [0.05, 0.1) is 10.6 Å². The Kier molecular flexibility index (Phi) is 4.48. The van der Waals surface area contributed by atoms with Gasteiger partial charge in [-0.05, 0) is 60.3 Å². The van der Waals surface area contributed by atoms with Crippen LogP contribution in [0.2, 0.25) is 5.02 Å². The first kappa shape index (κ1) is 16.1. The standard InChI is InChI=1S/C16H9BrClNO3S/c17-10-1-6-13(20)9(7-10)8-14-15(21)19(16(22)23-14)12-4-2-11(18)3-5-12/h1-8,20H/b14-8+. The molecule has 1 aliphatic rings. The first-order valence-corrected chi connectivity index (χ1v) is 8.46. The number of nitrogens with zero attached hydrogens (tertiary/aromatic N) is 1. The smallest absolute Gasteiger partial charge is 0.298 e. The molecule has 0 spiro atoms. The van der Waals surface area contributed by atoms with E-state index in [1.165, 1.54) is 12.1 Å². The number of hydrogen-bond donors (Lipinski definition) is 1. The molecule has 0 bridgehead atoms. The number of imide groups is 1. The lowest BCUT2D eigenvalue weighted by Crippen LogP contribution is -2.27. The van der Waals surface area contributed by atoms with Crippen LogP contribution in [0.3, 0.4) is 0 Å². The van der Waals surface area contributed by atoms with Crippen molar-refractivity contribution >= 4 is 62.2 Å². The third kappa shape index (κ3) is 3.29. The number of phenols is 1. The van der Waals surface area contributed by atoms with Crippen LogP contribution in [0.4, 0.5) is 10.5 Å². The average Bonchev–Trinajstić information content (AvgIpc) is 2.79. The quantitative estimate of drug-likeness (QED) is 0.704. The monoisotopic (exact) mass is 409 g/mol. The van der Waals surface area contributed by atoms with Crippen LogP contribution in [-0.2, 0) is 4.79 Å². The number of hydrogen-bond acceptors (Lipinski definition) is 4. The Morgan fingerprint density at radius 2 is 1.83 bits per heavy atom. The molecule has 1 saturated heterocycles. The molecule has 4 nitrogen and oxygen atoms in total. The van der Waals surface area contributed by atoms with Gasteiger partial charge in [0.15, 0.2) is 0 Å². The normalized spacial score (nSPS) is 16.4. The maximum Gasteiger partial charge on any atom is 0.298 e. The number of anilines is 1. The van der Waals surface area contributed by atoms with Crippen molar-refractivity contribution in [2.45, 2.75) is 0 Å². The minimum atomic E-state index is -0.429. The topological polar surface area (TPSA) is 57.6 Å². The minimum absolute atomic E-state index is 0.0338. The van der Waals surface area contributed by atoms with Crippen molar-refractivity contribution in [2.24, 2.45) is 0 Å². The highest BCUT2D eigenvalue weighted by molar-refractivity contribution is 9.10. The first-order chi connectivity index (χ1) is 11.0. The summed E-state index contributed by atoms with van der Waals surface area (Å²) in [7, 11) is 0. The maximum atomic E-state index is 12.5. The van der Waals surface area contributed by atoms with E-state index in [-0.39, 0.29) is 10.7 Å². The summed E-state index contributed by atoms with van der Waals surface area (Å²) >= 11 is 9.96. The van der Waals surface area contributed by atoms with Gasteiger partial charge in [-0.2, -0.15) is 0 Å². The second-order valence-electron chi connectivity index (χ2n) is 4.70. The summed E-state index contributed by atoms with van der Waals surface area (Å²) in [6.07, 6.45) is 1.50. The highest BCUT2D eigenvalue weighted by Crippen LogP contribution is 2.37. The van der Waals surface area contributed by atoms with Crippen molar-refractivity contribution in [3.63, 3.8) is 0 Å². The maximum absolute atomic E-state index is 12.5. The van der Waals surface area contributed by atoms with Gasteiger partial charge < -0.3 is 5.11 Å². The van der Waals surface area contributed by atoms with Gasteiger partial charge in [0.25, 0.3) is 11.1 Å². The lowest BCUT2D eigenvalue weighted by Gasteiger charge is -2.12. The van der Waals surface area contributed by atoms with E-state index in [2.05, 4.69) is 15.9 Å². The molecule has 1 heterocycles. The Labute approximate surface area is 149 Å². The molecule has 1 aliphatic heterocycles. The molecule has 0 saturated carbocycles. The largest absolute Gasteiger partial charge is 0.507 e. The fourth-order valence-electron chi connectivity index (χ4n) is 2.06. The Morgan fingerprint density at radius 3 is 2.52 bits per heavy atom. The number of thioether (sulfide) groups is 1. The molecule has 23 heavy (non-hydrogen) atoms. The predicted octanol–water partition coefficient (Wildman–Crippen LogP) is 5.05. The fourth-order valence-corrected chi connectivity index (χ4v) is 3.40. The molecule has 7 heteroatoms. The van der Waals surface area contributed by atoms with Crippen LogP contribution in [0.1, 0.15) is 5.56 Å². The molecule has 2 aromatic carbocycles. The lowest BCUT2D eigenvalue weighted by molar-refractivity contribution is -0.113. The Balaban J connectivity index is 1.96. The van der Waals surface area contributed by atoms with Crippen LogP contribution in [0.25, 0.3) is 6.08 Å². The molecule has 0 atom stereocenters. The third-order valence-electron chi connectivity index (χ3n) is 3.15. The van der Waals surface area contributed by atoms with Gasteiger partial charge >= 0.3 is 0 Å². The van der Waals surface area contributed by atoms with Crippen LogP contribution < -0.4 is 4.90 Å². The number of benzene rings is 2. The number of rotatable bonds is 2. The van der Waals surface area contributed by atoms with Crippen molar-refractivity contribution in [2.75, 3.05) is 4.90 Å². The first-order valence-electron chi connectivity index (χ1n) is 6.48. The summed E-state index contributed by atoms with van der Waals surface area (Å²) < 4.78 is 0.762. The van der Waals surface area contributed by atoms with Crippen molar-refractivity contribution < 1.29 is 14.7 Å². The number of phenolic OH excluding ortho intramolecular Hbond substituents is 1. The van der Waals surface area contributed by atoms with Crippen LogP contribution in [0.15, 0.2) is 51.8 Å². The Hall–Kier alpha value is -1.76. The van der Waals surface area contributed by atoms with Crippen molar-refractivity contribution in [1.82, 2.24) is 0 Å². The highest BCUT2D eigenvalue weighted by atomic mass is 79.9. The summed E-state index contributed by atoms with van der Waals surface area (Å²) in [5, 5.41) is 9.99. The molecule has 0 aromatic heterocycles. The van der Waals surface area contributed by atoms with Crippen LogP contribution in [0.5, 0.6) is 5.75 Å². The van der Waals surface area contributed by atoms with Gasteiger partial charge in [-0.15, -0.1) is 0 Å². The van der Waals surface area contributed by atoms with E-state index < -0.39 is 11.1 Å². The number of carbonyl (C=O) groups excluding carboxylic acids is 2. The minimum Gasteiger partial charge on any atom is -0.507 e. The molecule has 3 rings (SSSR count). The van der Waals surface area contributed by atoms with Gasteiger partial charge in [-0.1, -0.05) is 27.5 Å². The number of carbonyl (C=O) groups is 2. The van der Waals surface area contributed by atoms with E-state index in [0.717, 1.165) is 21.1 Å². The third-order valence-corrected chi connectivity index (χ3v) is 4.77. The second-order valence-corrected chi connectivity index (χ2v) is 7.04. The summed E-state index contributed by atoms with van der Waals surface area (Å²) in [6.45, 7) is 0. The average molecular weight is 411 g/mol. The van der Waals surface area contributed by atoms with E-state index in [9.17, 15) is 14.7 Å². The van der Waals surface area contributed by atoms with E-state index in [1.807, 2.05) is 0 Å². The molecule has 1 fully saturated rings. The van der Waals surface area contributed by atoms with E-state index in [4.69, 9.17) is 11.6 Å². The van der Waals surface area contributed by atoms with Crippen molar-refractivity contribution in [1.29, 1.82) is 0 Å². The summed E-state index contributed by atoms with van der Waals surface area (Å²) in [4.78, 5) is 26.0. The number of halogens is 2. The molecule has 2 amide bonds. The van der Waals surface area contributed by atoms with Crippen LogP contribution in [0, 0.1) is 0 Å². The van der Waals surface area contributed by atoms with Gasteiger partial charge in [-0.3, -0.25) is 9.59 Å². The van der Waals surface area contributed by atoms with Gasteiger partial charge in [-0.25, -0.2) is 4.90 Å². The fraction of sp³-hybridized carbons (Fsp3) is 0. The van der Waals surface area contributed by atoms with Crippen molar-refractivity contribution in [3.8, 4) is 5.75 Å². The molecule has 0 unspecified atom stereocenters. The van der Waals surface area contributed by atoms with Gasteiger partial charge in [0.1, 0.15) is 5.75 Å². The molecular weight excluding hydrogens is 402 g/mol. The van der Waals surface area contributed by atoms with Crippen LogP contribution >= 0.6 is 39.3 Å². The predicted molar refractivity (Wildman–Crippen MR) is 95.7 cm³/mol. The number of aromatic hydroxyl groups is 1. The Morgan fingerprint density at radius 1 is 1.13 bits per heavy atom. The van der Waals surface area contributed by atoms with Gasteiger partial charge in [0, 0.05) is 15.1 Å². The summed E-state index contributed by atoms with van der Waals surface area (Å²) in [6, 6.07) is 11.3. The molecule has 0 aliphatic carbocycles. The SMILES string of the molecule is O=C1S/C(=C/c2cc(Br)ccc2O)C(=O)N1c1ccc(Cl)cc1. The zero-order chi connectivity index (χ0) is 16.6. The summed E-state index contributed by atoms with van der Waals surface area (Å²) in [5.41, 5.74) is 0.916. The van der Waals surface area contributed by atoms with E-state index in [1.54, 1.807) is 36.4 Å². The number of amides is 2. The lowest BCUT2D eigenvalue weighted by atomic mass is 10.2. The zero-order valence-electron chi connectivity index (χ0n) is 11.5. The van der Waals surface area contributed by atoms with E-state index >= 15 is 0 Å².